The van der Waals surface area contributed by atoms with Crippen molar-refractivity contribution < 1.29 is 0 Å². The first-order valence-corrected chi connectivity index (χ1v) is 7.30. The van der Waals surface area contributed by atoms with Crippen LogP contribution in [-0.4, -0.2) is 6.21 Å². The van der Waals surface area contributed by atoms with Crippen molar-refractivity contribution in [2.45, 2.75) is 6.92 Å². The van der Waals surface area contributed by atoms with Crippen LogP contribution in [0, 0.1) is 6.92 Å². The Morgan fingerprint density at radius 1 is 1.20 bits per heavy atom. The lowest BCUT2D eigenvalue weighted by atomic mass is 10.2. The Labute approximate surface area is 132 Å². The van der Waals surface area contributed by atoms with Crippen molar-refractivity contribution in [1.29, 1.82) is 0 Å². The maximum atomic E-state index is 6.05. The van der Waals surface area contributed by atoms with Crippen molar-refractivity contribution >= 4 is 45.5 Å². The van der Waals surface area contributed by atoms with Crippen molar-refractivity contribution in [3.8, 4) is 0 Å². The molecule has 1 N–H and O–H groups in total. The molecule has 4 heteroatoms. The van der Waals surface area contributed by atoms with Gasteiger partial charge in [-0.2, -0.15) is 5.10 Å². The van der Waals surface area contributed by atoms with Crippen LogP contribution in [0.1, 0.15) is 11.1 Å². The second kappa shape index (κ2) is 7.27. The zero-order valence-corrected chi connectivity index (χ0v) is 13.3. The van der Waals surface area contributed by atoms with Gasteiger partial charge in [0, 0.05) is 9.51 Å². The predicted molar refractivity (Wildman–Crippen MR) is 91.6 cm³/mol. The van der Waals surface area contributed by atoms with Gasteiger partial charge in [0.25, 0.3) is 0 Å². The van der Waals surface area contributed by atoms with Crippen LogP contribution in [0.2, 0.25) is 5.02 Å². The summed E-state index contributed by atoms with van der Waals surface area (Å²) in [6, 6.07) is 15.8. The van der Waals surface area contributed by atoms with Crippen molar-refractivity contribution in [1.82, 2.24) is 0 Å². The Morgan fingerprint density at radius 2 is 1.95 bits per heavy atom. The van der Waals surface area contributed by atoms with Gasteiger partial charge < -0.3 is 0 Å². The van der Waals surface area contributed by atoms with Crippen LogP contribution < -0.4 is 5.43 Å². The number of hydrazone groups is 1. The number of benzene rings is 2. The van der Waals surface area contributed by atoms with Gasteiger partial charge in [0.2, 0.25) is 0 Å². The molecule has 0 fully saturated rings. The van der Waals surface area contributed by atoms with Gasteiger partial charge in [0.15, 0.2) is 0 Å². The van der Waals surface area contributed by atoms with Crippen molar-refractivity contribution in [2.75, 3.05) is 5.43 Å². The Morgan fingerprint density at radius 3 is 2.65 bits per heavy atom. The highest BCUT2D eigenvalue weighted by Gasteiger charge is 1.96. The fraction of sp³-hybridized carbons (Fsp3) is 0.0625. The van der Waals surface area contributed by atoms with Crippen LogP contribution in [0.15, 0.2) is 58.1 Å². The molecule has 2 aromatic rings. The maximum Gasteiger partial charge on any atom is 0.0614 e. The average molecular weight is 350 g/mol. The summed E-state index contributed by atoms with van der Waals surface area (Å²) >= 11 is 9.51. The lowest BCUT2D eigenvalue weighted by molar-refractivity contribution is 1.34. The largest absolute Gasteiger partial charge is 0.278 e. The molecule has 0 aliphatic heterocycles. The van der Waals surface area contributed by atoms with Crippen LogP contribution in [0.25, 0.3) is 6.08 Å². The number of hydrogen-bond acceptors (Lipinski definition) is 2. The topological polar surface area (TPSA) is 24.4 Å². The predicted octanol–water partition coefficient (Wildman–Crippen LogP) is 5.48. The summed E-state index contributed by atoms with van der Waals surface area (Å²) in [6.07, 6.45) is 3.70. The van der Waals surface area contributed by atoms with Gasteiger partial charge in [-0.25, -0.2) is 0 Å². The van der Waals surface area contributed by atoms with Crippen LogP contribution >= 0.6 is 27.5 Å². The molecule has 0 saturated heterocycles. The normalized spacial score (nSPS) is 11.8. The highest BCUT2D eigenvalue weighted by Crippen LogP contribution is 2.20. The van der Waals surface area contributed by atoms with E-state index in [1.54, 1.807) is 6.21 Å². The first-order chi connectivity index (χ1) is 9.65. The van der Waals surface area contributed by atoms with E-state index >= 15 is 0 Å². The molecule has 2 rings (SSSR count). The Kier molecular flexibility index (Phi) is 5.39. The molecule has 0 atom stereocenters. The Balaban J connectivity index is 1.99. The second-order valence-corrected chi connectivity index (χ2v) is 5.60. The zero-order valence-electron chi connectivity index (χ0n) is 11.0. The van der Waals surface area contributed by atoms with E-state index in [1.165, 1.54) is 0 Å². The van der Waals surface area contributed by atoms with E-state index in [1.807, 2.05) is 61.5 Å². The minimum atomic E-state index is 0.726. The molecule has 0 amide bonds. The third-order valence-corrected chi connectivity index (χ3v) is 3.50. The van der Waals surface area contributed by atoms with E-state index in [-0.39, 0.29) is 0 Å². The quantitative estimate of drug-likeness (QED) is 0.573. The summed E-state index contributed by atoms with van der Waals surface area (Å²) in [5.74, 6) is 0. The van der Waals surface area contributed by atoms with Gasteiger partial charge in [0.1, 0.15) is 0 Å². The third-order valence-electron chi connectivity index (χ3n) is 2.66. The molecule has 2 nitrogen and oxygen atoms in total. The van der Waals surface area contributed by atoms with Crippen molar-refractivity contribution in [3.63, 3.8) is 0 Å². The van der Waals surface area contributed by atoms with E-state index < -0.39 is 0 Å². The minimum absolute atomic E-state index is 0.726. The van der Waals surface area contributed by atoms with E-state index in [2.05, 4.69) is 26.5 Å². The number of rotatable bonds is 4. The lowest BCUT2D eigenvalue weighted by Crippen LogP contribution is -1.90. The number of halogens is 2. The van der Waals surface area contributed by atoms with E-state index in [0.29, 0.717) is 0 Å². The summed E-state index contributed by atoms with van der Waals surface area (Å²) in [7, 11) is 0. The van der Waals surface area contributed by atoms with Gasteiger partial charge in [-0.1, -0.05) is 48.0 Å². The molecular formula is C16H14BrClN2. The SMILES string of the molecule is Cc1ccc(N/N=C/C(Br)=C/c2ccccc2)cc1Cl. The van der Waals surface area contributed by atoms with E-state index in [4.69, 9.17) is 11.6 Å². The summed E-state index contributed by atoms with van der Waals surface area (Å²) in [6.45, 7) is 1.97. The molecule has 0 aromatic heterocycles. The first kappa shape index (κ1) is 14.8. The number of nitrogens with one attached hydrogen (secondary N) is 1. The Hall–Kier alpha value is -1.58. The smallest absolute Gasteiger partial charge is 0.0614 e. The average Bonchev–Trinajstić information content (AvgIpc) is 2.44. The van der Waals surface area contributed by atoms with E-state index in [0.717, 1.165) is 26.3 Å². The molecule has 0 saturated carbocycles. The fourth-order valence-electron chi connectivity index (χ4n) is 1.58. The maximum absolute atomic E-state index is 6.05. The molecule has 0 radical (unpaired) electrons. The highest BCUT2D eigenvalue weighted by atomic mass is 79.9. The van der Waals surface area contributed by atoms with Crippen molar-refractivity contribution in [2.24, 2.45) is 5.10 Å². The number of allylic oxidation sites excluding steroid dienone is 1. The van der Waals surface area contributed by atoms with Crippen LogP contribution in [0.4, 0.5) is 5.69 Å². The summed E-state index contributed by atoms with van der Waals surface area (Å²) in [4.78, 5) is 0. The number of nitrogens with zero attached hydrogens (tertiary/aromatic N) is 1. The van der Waals surface area contributed by atoms with Crippen LogP contribution in [0.5, 0.6) is 0 Å². The van der Waals surface area contributed by atoms with Gasteiger partial charge in [0.05, 0.1) is 11.9 Å². The molecule has 20 heavy (non-hydrogen) atoms. The molecule has 0 spiro atoms. The van der Waals surface area contributed by atoms with Gasteiger partial charge >= 0.3 is 0 Å². The molecule has 0 heterocycles. The van der Waals surface area contributed by atoms with Crippen LogP contribution in [-0.2, 0) is 0 Å². The Bertz CT molecular complexity index is 636. The first-order valence-electron chi connectivity index (χ1n) is 6.12. The van der Waals surface area contributed by atoms with Gasteiger partial charge in [-0.3, -0.25) is 5.43 Å². The molecule has 102 valence electrons. The zero-order chi connectivity index (χ0) is 14.4. The monoisotopic (exact) mass is 348 g/mol. The molecule has 0 aliphatic carbocycles. The summed E-state index contributed by atoms with van der Waals surface area (Å²) < 4.78 is 0.884. The standard InChI is InChI=1S/C16H14BrClN2/c1-12-7-8-15(10-16(12)18)20-19-11-14(17)9-13-5-3-2-4-6-13/h2-11,20H,1H3/b14-9-,19-11+. The third kappa shape index (κ3) is 4.51. The minimum Gasteiger partial charge on any atom is -0.278 e. The highest BCUT2D eigenvalue weighted by molar-refractivity contribution is 9.12. The van der Waals surface area contributed by atoms with Crippen molar-refractivity contribution in [3.05, 3.63) is 69.2 Å². The second-order valence-electron chi connectivity index (χ2n) is 4.27. The molecule has 2 aromatic carbocycles. The molecule has 0 aliphatic rings. The lowest BCUT2D eigenvalue weighted by Gasteiger charge is -2.02. The summed E-state index contributed by atoms with van der Waals surface area (Å²) in [5, 5.41) is 4.89. The van der Waals surface area contributed by atoms with Gasteiger partial charge in [-0.15, -0.1) is 0 Å². The van der Waals surface area contributed by atoms with Crippen LogP contribution in [0.3, 0.4) is 0 Å². The molecule has 0 unspecified atom stereocenters. The number of aryl methyl sites for hydroxylation is 1. The van der Waals surface area contributed by atoms with Gasteiger partial charge in [-0.05, 0) is 52.2 Å². The van der Waals surface area contributed by atoms with E-state index in [9.17, 15) is 0 Å². The number of hydrogen-bond donors (Lipinski definition) is 1. The fourth-order valence-corrected chi connectivity index (χ4v) is 2.12. The summed E-state index contributed by atoms with van der Waals surface area (Å²) in [5.41, 5.74) is 5.96. The number of anilines is 1. The molecule has 0 bridgehead atoms. The molecular weight excluding hydrogens is 336 g/mol.